The molecule has 0 aliphatic carbocycles. The number of methoxy groups -OCH3 is 1. The lowest BCUT2D eigenvalue weighted by molar-refractivity contribution is -0.129. The van der Waals surface area contributed by atoms with E-state index >= 15 is 0 Å². The fraction of sp³-hybridized carbons (Fsp3) is 0.364. The molecule has 1 heterocycles. The number of aliphatic hydroxyl groups is 1. The Morgan fingerprint density at radius 3 is 2.48 bits per heavy atom. The SMILES string of the molecule is CC[C@@H](C)CN(C[C@@H](O)C(Cc1ccccc1)NC(=O)C1CN(c2cccc(C(N)=O)c2)C(=O)O1)S(=O)(=O)c1cccc(OC)c1. The number of nitrogens with zero attached hydrogens (tertiary/aromatic N) is 2. The molecule has 0 bridgehead atoms. The predicted octanol–water partition coefficient (Wildman–Crippen LogP) is 2.94. The van der Waals surface area contributed by atoms with Gasteiger partial charge in [0.15, 0.2) is 6.10 Å². The van der Waals surface area contributed by atoms with Gasteiger partial charge in [0.2, 0.25) is 15.9 Å². The molecule has 4 atom stereocenters. The molecule has 1 saturated heterocycles. The summed E-state index contributed by atoms with van der Waals surface area (Å²) in [5.74, 6) is -0.976. The first-order valence-electron chi connectivity index (χ1n) is 15.0. The van der Waals surface area contributed by atoms with Crippen molar-refractivity contribution < 1.29 is 37.4 Å². The maximum Gasteiger partial charge on any atom is 0.415 e. The number of sulfonamides is 1. The number of rotatable bonds is 15. The van der Waals surface area contributed by atoms with Crippen LogP contribution in [0.2, 0.25) is 0 Å². The second kappa shape index (κ2) is 15.2. The summed E-state index contributed by atoms with van der Waals surface area (Å²) in [6, 6.07) is 20.4. The Labute approximate surface area is 269 Å². The van der Waals surface area contributed by atoms with E-state index in [2.05, 4.69) is 5.32 Å². The van der Waals surface area contributed by atoms with E-state index in [-0.39, 0.29) is 42.4 Å². The van der Waals surface area contributed by atoms with Crippen LogP contribution in [0.25, 0.3) is 0 Å². The van der Waals surface area contributed by atoms with E-state index < -0.39 is 46.2 Å². The molecular weight excluding hydrogens is 612 g/mol. The number of hydrogen-bond acceptors (Lipinski definition) is 8. The number of aliphatic hydroxyl groups excluding tert-OH is 1. The zero-order valence-electron chi connectivity index (χ0n) is 26.0. The highest BCUT2D eigenvalue weighted by Crippen LogP contribution is 2.25. The number of primary amides is 1. The second-order valence-corrected chi connectivity index (χ2v) is 13.2. The summed E-state index contributed by atoms with van der Waals surface area (Å²) in [4.78, 5) is 39.1. The lowest BCUT2D eigenvalue weighted by atomic mass is 10.0. The van der Waals surface area contributed by atoms with E-state index in [9.17, 15) is 27.9 Å². The largest absolute Gasteiger partial charge is 0.497 e. The average molecular weight is 653 g/mol. The number of carbonyl (C=O) groups is 3. The Kier molecular flexibility index (Phi) is 11.4. The highest BCUT2D eigenvalue weighted by molar-refractivity contribution is 7.89. The molecule has 0 aromatic heterocycles. The zero-order chi connectivity index (χ0) is 33.4. The van der Waals surface area contributed by atoms with Crippen LogP contribution < -0.4 is 20.7 Å². The van der Waals surface area contributed by atoms with Gasteiger partial charge in [-0.15, -0.1) is 0 Å². The first kappa shape index (κ1) is 34.4. The van der Waals surface area contributed by atoms with Gasteiger partial charge in [-0.25, -0.2) is 13.2 Å². The van der Waals surface area contributed by atoms with Crippen molar-refractivity contribution in [2.24, 2.45) is 11.7 Å². The second-order valence-electron chi connectivity index (χ2n) is 11.3. The Bertz CT molecular complexity index is 1640. The molecular formula is C33H40N4O8S. The number of nitrogens with two attached hydrogens (primary N) is 1. The lowest BCUT2D eigenvalue weighted by Gasteiger charge is -2.31. The minimum Gasteiger partial charge on any atom is -0.497 e. The number of benzene rings is 3. The van der Waals surface area contributed by atoms with Gasteiger partial charge in [0.25, 0.3) is 5.91 Å². The van der Waals surface area contributed by atoms with Gasteiger partial charge in [-0.1, -0.05) is 62.7 Å². The van der Waals surface area contributed by atoms with Crippen LogP contribution in [-0.2, 0) is 26.0 Å². The number of hydrogen-bond donors (Lipinski definition) is 3. The highest BCUT2D eigenvalue weighted by Gasteiger charge is 2.39. The normalized spacial score (nSPS) is 16.8. The monoisotopic (exact) mass is 652 g/mol. The van der Waals surface area contributed by atoms with Crippen molar-refractivity contribution >= 4 is 33.6 Å². The first-order valence-corrected chi connectivity index (χ1v) is 16.4. The van der Waals surface area contributed by atoms with E-state index in [0.717, 1.165) is 5.56 Å². The fourth-order valence-electron chi connectivity index (χ4n) is 5.06. The van der Waals surface area contributed by atoms with Crippen molar-refractivity contribution in [1.29, 1.82) is 0 Å². The lowest BCUT2D eigenvalue weighted by Crippen LogP contribution is -2.53. The molecule has 1 aliphatic heterocycles. The summed E-state index contributed by atoms with van der Waals surface area (Å²) < 4.78 is 39.5. The van der Waals surface area contributed by atoms with Crippen molar-refractivity contribution in [3.05, 3.63) is 90.0 Å². The Hall–Kier alpha value is -4.46. The van der Waals surface area contributed by atoms with Crippen molar-refractivity contribution in [1.82, 2.24) is 9.62 Å². The fourth-order valence-corrected chi connectivity index (χ4v) is 6.67. The molecule has 0 radical (unpaired) electrons. The smallest absolute Gasteiger partial charge is 0.415 e. The molecule has 246 valence electrons. The van der Waals surface area contributed by atoms with Gasteiger partial charge in [-0.2, -0.15) is 4.31 Å². The molecule has 3 aromatic carbocycles. The third-order valence-electron chi connectivity index (χ3n) is 7.92. The van der Waals surface area contributed by atoms with E-state index in [1.165, 1.54) is 40.6 Å². The molecule has 2 unspecified atom stereocenters. The molecule has 12 nitrogen and oxygen atoms in total. The maximum atomic E-state index is 13.9. The molecule has 13 heteroatoms. The molecule has 4 N–H and O–H groups in total. The van der Waals surface area contributed by atoms with Crippen LogP contribution in [0.3, 0.4) is 0 Å². The minimum atomic E-state index is -4.07. The van der Waals surface area contributed by atoms with Gasteiger partial charge in [0.1, 0.15) is 5.75 Å². The van der Waals surface area contributed by atoms with Gasteiger partial charge in [-0.05, 0) is 48.2 Å². The topological polar surface area (TPSA) is 169 Å². The predicted molar refractivity (Wildman–Crippen MR) is 172 cm³/mol. The Balaban J connectivity index is 1.57. The quantitative estimate of drug-likeness (QED) is 0.225. The van der Waals surface area contributed by atoms with Gasteiger partial charge < -0.3 is 25.6 Å². The van der Waals surface area contributed by atoms with Crippen LogP contribution in [0.15, 0.2) is 83.8 Å². The number of carbonyl (C=O) groups excluding carboxylic acids is 3. The van der Waals surface area contributed by atoms with Crippen LogP contribution in [0, 0.1) is 5.92 Å². The Morgan fingerprint density at radius 1 is 1.09 bits per heavy atom. The van der Waals surface area contributed by atoms with Crippen LogP contribution in [-0.4, -0.2) is 80.7 Å². The highest BCUT2D eigenvalue weighted by atomic mass is 32.2. The standard InChI is InChI=1S/C33H40N4O8S/c1-4-22(2)19-36(46(42,43)27-15-9-14-26(18-27)44-3)20-29(38)28(16-23-10-6-5-7-11-23)35-32(40)30-21-37(33(41)45-30)25-13-8-12-24(17-25)31(34)39/h5-15,17-18,22,28-30,38H,4,16,19-21H2,1-3H3,(H2,34,39)(H,35,40)/t22-,28?,29-,30?/m1/s1. The van der Waals surface area contributed by atoms with Crippen LogP contribution >= 0.6 is 0 Å². The summed E-state index contributed by atoms with van der Waals surface area (Å²) in [6.07, 6.45) is -2.47. The minimum absolute atomic E-state index is 0.0179. The number of nitrogens with one attached hydrogen (secondary N) is 1. The van der Waals surface area contributed by atoms with Gasteiger partial charge in [0.05, 0.1) is 30.7 Å². The number of amides is 3. The summed E-state index contributed by atoms with van der Waals surface area (Å²) >= 11 is 0. The van der Waals surface area contributed by atoms with Crippen molar-refractivity contribution in [3.8, 4) is 5.75 Å². The molecule has 1 aliphatic rings. The average Bonchev–Trinajstić information content (AvgIpc) is 3.46. The van der Waals surface area contributed by atoms with Crippen molar-refractivity contribution in [2.45, 2.75) is 49.8 Å². The van der Waals surface area contributed by atoms with Crippen LogP contribution in [0.1, 0.15) is 36.2 Å². The molecule has 3 aromatic rings. The van der Waals surface area contributed by atoms with E-state index in [4.69, 9.17) is 15.2 Å². The number of cyclic esters (lactones) is 1. The van der Waals surface area contributed by atoms with Crippen molar-refractivity contribution in [3.63, 3.8) is 0 Å². The number of anilines is 1. The van der Waals surface area contributed by atoms with Crippen molar-refractivity contribution in [2.75, 3.05) is 31.6 Å². The molecule has 46 heavy (non-hydrogen) atoms. The zero-order valence-corrected chi connectivity index (χ0v) is 26.9. The first-order chi connectivity index (χ1) is 21.9. The summed E-state index contributed by atoms with van der Waals surface area (Å²) in [5, 5.41) is 14.4. The Morgan fingerprint density at radius 2 is 1.80 bits per heavy atom. The third kappa shape index (κ3) is 8.42. The van der Waals surface area contributed by atoms with Gasteiger partial charge in [0, 0.05) is 30.4 Å². The van der Waals surface area contributed by atoms with Gasteiger partial charge >= 0.3 is 6.09 Å². The molecule has 0 saturated carbocycles. The molecule has 4 rings (SSSR count). The summed E-state index contributed by atoms with van der Waals surface area (Å²) in [7, 11) is -2.62. The van der Waals surface area contributed by atoms with E-state index in [1.807, 2.05) is 44.2 Å². The van der Waals surface area contributed by atoms with Crippen LogP contribution in [0.4, 0.5) is 10.5 Å². The van der Waals surface area contributed by atoms with E-state index in [1.54, 1.807) is 24.3 Å². The van der Waals surface area contributed by atoms with Crippen LogP contribution in [0.5, 0.6) is 5.75 Å². The summed E-state index contributed by atoms with van der Waals surface area (Å²) in [6.45, 7) is 3.55. The number of ether oxygens (including phenoxy) is 2. The molecule has 1 fully saturated rings. The van der Waals surface area contributed by atoms with E-state index in [0.29, 0.717) is 17.9 Å². The molecule has 3 amide bonds. The van der Waals surface area contributed by atoms with Gasteiger partial charge in [-0.3, -0.25) is 14.5 Å². The summed E-state index contributed by atoms with van der Waals surface area (Å²) in [5.41, 5.74) is 6.69. The third-order valence-corrected chi connectivity index (χ3v) is 9.75. The molecule has 0 spiro atoms. The maximum absolute atomic E-state index is 13.9.